The molecule has 19 heavy (non-hydrogen) atoms. The zero-order valence-electron chi connectivity index (χ0n) is 10.3. The van der Waals surface area contributed by atoms with Gasteiger partial charge in [0.15, 0.2) is 5.78 Å². The highest BCUT2D eigenvalue weighted by Gasteiger charge is 2.41. The summed E-state index contributed by atoms with van der Waals surface area (Å²) in [6.07, 6.45) is -1.75. The van der Waals surface area contributed by atoms with E-state index in [0.29, 0.717) is 6.42 Å². The Morgan fingerprint density at radius 1 is 1.53 bits per heavy atom. The van der Waals surface area contributed by atoms with Gasteiger partial charge in [0.2, 0.25) is 0 Å². The van der Waals surface area contributed by atoms with Crippen molar-refractivity contribution in [2.45, 2.75) is 25.2 Å². The summed E-state index contributed by atoms with van der Waals surface area (Å²) in [5.74, 6) is -4.64. The molecule has 0 unspecified atom stereocenters. The van der Waals surface area contributed by atoms with Crippen LogP contribution in [-0.4, -0.2) is 41.1 Å². The SMILES string of the molecule is Cn1nccc1CCC(=O)COCC(F)(F)C(F)F. The highest BCUT2D eigenvalue weighted by molar-refractivity contribution is 5.79. The first-order valence-electron chi connectivity index (χ1n) is 5.55. The molecule has 0 aliphatic heterocycles. The largest absolute Gasteiger partial charge is 0.367 e. The Kier molecular flexibility index (Phi) is 5.46. The summed E-state index contributed by atoms with van der Waals surface area (Å²) >= 11 is 0. The second-order valence-electron chi connectivity index (χ2n) is 4.04. The van der Waals surface area contributed by atoms with Gasteiger partial charge in [-0.05, 0) is 12.5 Å². The molecule has 0 aromatic carbocycles. The number of carbonyl (C=O) groups excluding carboxylic acids is 1. The number of ether oxygens (including phenoxy) is 1. The predicted molar refractivity (Wildman–Crippen MR) is 58.3 cm³/mol. The predicted octanol–water partition coefficient (Wildman–Crippen LogP) is 1.84. The molecular formula is C11H14F4N2O2. The summed E-state index contributed by atoms with van der Waals surface area (Å²) in [6, 6.07) is 1.72. The Morgan fingerprint density at radius 2 is 2.21 bits per heavy atom. The maximum absolute atomic E-state index is 12.5. The van der Waals surface area contributed by atoms with Crippen molar-refractivity contribution in [1.29, 1.82) is 0 Å². The van der Waals surface area contributed by atoms with Gasteiger partial charge in [0.1, 0.15) is 13.2 Å². The summed E-state index contributed by atoms with van der Waals surface area (Å²) in [7, 11) is 1.71. The Morgan fingerprint density at radius 3 is 2.74 bits per heavy atom. The van der Waals surface area contributed by atoms with E-state index in [-0.39, 0.29) is 6.42 Å². The Balaban J connectivity index is 2.24. The van der Waals surface area contributed by atoms with E-state index in [9.17, 15) is 22.4 Å². The van der Waals surface area contributed by atoms with Crippen LogP contribution in [0.15, 0.2) is 12.3 Å². The lowest BCUT2D eigenvalue weighted by atomic mass is 10.2. The lowest BCUT2D eigenvalue weighted by Crippen LogP contribution is -2.33. The molecule has 0 atom stereocenters. The number of ketones is 1. The third kappa shape index (κ3) is 4.98. The van der Waals surface area contributed by atoms with E-state index in [1.807, 2.05) is 0 Å². The fourth-order valence-electron chi connectivity index (χ4n) is 1.35. The van der Waals surface area contributed by atoms with Crippen molar-refractivity contribution in [3.05, 3.63) is 18.0 Å². The maximum Gasteiger partial charge on any atom is 0.330 e. The summed E-state index contributed by atoms with van der Waals surface area (Å²) in [5, 5.41) is 3.90. The molecule has 1 aromatic rings. The third-order valence-corrected chi connectivity index (χ3v) is 2.46. The lowest BCUT2D eigenvalue weighted by molar-refractivity contribution is -0.168. The molecular weight excluding hydrogens is 268 g/mol. The summed E-state index contributed by atoms with van der Waals surface area (Å²) in [6.45, 7) is -2.05. The van der Waals surface area contributed by atoms with E-state index in [1.165, 1.54) is 0 Å². The second-order valence-corrected chi connectivity index (χ2v) is 4.04. The Hall–Kier alpha value is -1.44. The number of nitrogens with zero attached hydrogens (tertiary/aromatic N) is 2. The van der Waals surface area contributed by atoms with Crippen molar-refractivity contribution in [2.24, 2.45) is 7.05 Å². The number of halogens is 4. The van der Waals surface area contributed by atoms with Crippen LogP contribution in [-0.2, 0) is 23.0 Å². The first-order chi connectivity index (χ1) is 8.83. The summed E-state index contributed by atoms with van der Waals surface area (Å²) < 4.78 is 54.4. The lowest BCUT2D eigenvalue weighted by Gasteiger charge is -2.14. The Labute approximate surface area is 107 Å². The van der Waals surface area contributed by atoms with Crippen molar-refractivity contribution in [3.8, 4) is 0 Å². The molecule has 0 radical (unpaired) electrons. The number of alkyl halides is 4. The van der Waals surface area contributed by atoms with E-state index < -0.39 is 31.3 Å². The van der Waals surface area contributed by atoms with E-state index in [0.717, 1.165) is 5.69 Å². The minimum Gasteiger partial charge on any atom is -0.367 e. The van der Waals surface area contributed by atoms with Gasteiger partial charge in [-0.2, -0.15) is 13.9 Å². The zero-order valence-corrected chi connectivity index (χ0v) is 10.3. The number of carbonyl (C=O) groups is 1. The topological polar surface area (TPSA) is 44.1 Å². The Bertz CT molecular complexity index is 421. The second kappa shape index (κ2) is 6.65. The van der Waals surface area contributed by atoms with Crippen molar-refractivity contribution in [3.63, 3.8) is 0 Å². The molecule has 1 heterocycles. The van der Waals surface area contributed by atoms with Crippen LogP contribution in [0.5, 0.6) is 0 Å². The fraction of sp³-hybridized carbons (Fsp3) is 0.636. The van der Waals surface area contributed by atoms with E-state index in [2.05, 4.69) is 9.84 Å². The van der Waals surface area contributed by atoms with Crippen molar-refractivity contribution in [2.75, 3.05) is 13.2 Å². The van der Waals surface area contributed by atoms with Gasteiger partial charge in [0.05, 0.1) is 0 Å². The van der Waals surface area contributed by atoms with E-state index >= 15 is 0 Å². The first-order valence-corrected chi connectivity index (χ1v) is 5.55. The average molecular weight is 282 g/mol. The number of Topliss-reactive ketones (excluding diaryl/α,β-unsaturated/α-hetero) is 1. The molecule has 1 rings (SSSR count). The molecule has 108 valence electrons. The standard InChI is InChI=1S/C11H14F4N2O2/c1-17-8(4-5-16-17)2-3-9(18)6-19-7-11(14,15)10(12)13/h4-5,10H,2-3,6-7H2,1H3. The highest BCUT2D eigenvalue weighted by Crippen LogP contribution is 2.22. The van der Waals surface area contributed by atoms with Crippen LogP contribution in [0.2, 0.25) is 0 Å². The maximum atomic E-state index is 12.5. The number of hydrogen-bond donors (Lipinski definition) is 0. The van der Waals surface area contributed by atoms with Crippen LogP contribution in [0.4, 0.5) is 17.6 Å². The van der Waals surface area contributed by atoms with E-state index in [4.69, 9.17) is 0 Å². The molecule has 0 amide bonds. The van der Waals surface area contributed by atoms with Gasteiger partial charge in [0, 0.05) is 25.4 Å². The molecule has 0 spiro atoms. The van der Waals surface area contributed by atoms with Crippen molar-refractivity contribution in [1.82, 2.24) is 9.78 Å². The highest BCUT2D eigenvalue weighted by atomic mass is 19.3. The number of hydrogen-bond acceptors (Lipinski definition) is 3. The van der Waals surface area contributed by atoms with Gasteiger partial charge in [0.25, 0.3) is 0 Å². The average Bonchev–Trinajstić information content (AvgIpc) is 2.72. The normalized spacial score (nSPS) is 12.1. The monoisotopic (exact) mass is 282 g/mol. The smallest absolute Gasteiger partial charge is 0.330 e. The van der Waals surface area contributed by atoms with Crippen LogP contribution in [0.25, 0.3) is 0 Å². The van der Waals surface area contributed by atoms with Gasteiger partial charge in [-0.1, -0.05) is 0 Å². The molecule has 0 bridgehead atoms. The van der Waals surface area contributed by atoms with Gasteiger partial charge in [-0.25, -0.2) is 8.78 Å². The number of aryl methyl sites for hydroxylation is 2. The van der Waals surface area contributed by atoms with Crippen LogP contribution in [0, 0.1) is 0 Å². The van der Waals surface area contributed by atoms with Crippen molar-refractivity contribution >= 4 is 5.78 Å². The van der Waals surface area contributed by atoms with Crippen LogP contribution in [0.1, 0.15) is 12.1 Å². The van der Waals surface area contributed by atoms with E-state index in [1.54, 1.807) is 24.0 Å². The molecule has 4 nitrogen and oxygen atoms in total. The number of rotatable bonds is 8. The quantitative estimate of drug-likeness (QED) is 0.683. The first kappa shape index (κ1) is 15.6. The molecule has 0 aliphatic carbocycles. The van der Waals surface area contributed by atoms with Crippen molar-refractivity contribution < 1.29 is 27.1 Å². The third-order valence-electron chi connectivity index (χ3n) is 2.46. The zero-order chi connectivity index (χ0) is 14.5. The van der Waals surface area contributed by atoms with Gasteiger partial charge >= 0.3 is 12.3 Å². The molecule has 0 saturated carbocycles. The minimum absolute atomic E-state index is 0.0831. The van der Waals surface area contributed by atoms with Gasteiger partial charge in [-0.15, -0.1) is 0 Å². The number of aromatic nitrogens is 2. The fourth-order valence-corrected chi connectivity index (χ4v) is 1.35. The molecule has 0 saturated heterocycles. The molecule has 0 N–H and O–H groups in total. The summed E-state index contributed by atoms with van der Waals surface area (Å²) in [5.41, 5.74) is 0.811. The van der Waals surface area contributed by atoms with Gasteiger partial charge < -0.3 is 4.74 Å². The molecule has 0 aliphatic rings. The molecule has 0 fully saturated rings. The molecule has 1 aromatic heterocycles. The van der Waals surface area contributed by atoms with Gasteiger partial charge in [-0.3, -0.25) is 9.48 Å². The van der Waals surface area contributed by atoms with Crippen LogP contribution >= 0.6 is 0 Å². The minimum atomic E-state index is -4.22. The van der Waals surface area contributed by atoms with Crippen LogP contribution in [0.3, 0.4) is 0 Å². The summed E-state index contributed by atoms with van der Waals surface area (Å²) in [4.78, 5) is 11.3. The molecule has 8 heteroatoms. The van der Waals surface area contributed by atoms with Crippen LogP contribution < -0.4 is 0 Å².